The number of amides is 1. The molecular weight excluding hydrogens is 434 g/mol. The average Bonchev–Trinajstić information content (AvgIpc) is 3.19. The van der Waals surface area contributed by atoms with Crippen LogP contribution < -0.4 is 15.5 Å². The van der Waals surface area contributed by atoms with Gasteiger partial charge in [0.1, 0.15) is 11.6 Å². The number of carbonyl (C=O) groups excluding carboxylic acids is 1. The predicted molar refractivity (Wildman–Crippen MR) is 131 cm³/mol. The Labute approximate surface area is 198 Å². The fraction of sp³-hybridized carbons (Fsp3) is 0.417. The van der Waals surface area contributed by atoms with Gasteiger partial charge >= 0.3 is 0 Å². The lowest BCUT2D eigenvalue weighted by atomic mass is 9.88. The van der Waals surface area contributed by atoms with E-state index in [-0.39, 0.29) is 11.8 Å². The zero-order chi connectivity index (χ0) is 22.6. The Balaban J connectivity index is 1.28. The summed E-state index contributed by atoms with van der Waals surface area (Å²) in [5, 5.41) is 14.2. The molecule has 1 amide bonds. The molecule has 0 bridgehead atoms. The molecule has 3 aromatic rings. The van der Waals surface area contributed by atoms with Crippen molar-refractivity contribution in [1.29, 1.82) is 0 Å². The monoisotopic (exact) mass is 463 g/mol. The van der Waals surface area contributed by atoms with Crippen molar-refractivity contribution in [3.63, 3.8) is 0 Å². The van der Waals surface area contributed by atoms with E-state index in [1.165, 1.54) is 24.6 Å². The fourth-order valence-corrected chi connectivity index (χ4v) is 4.93. The number of hydrogen-bond donors (Lipinski definition) is 3. The van der Waals surface area contributed by atoms with E-state index < -0.39 is 0 Å². The summed E-state index contributed by atoms with van der Waals surface area (Å²) in [5.41, 5.74) is 1.82. The van der Waals surface area contributed by atoms with E-state index in [9.17, 15) is 4.79 Å². The number of aromatic amines is 1. The van der Waals surface area contributed by atoms with Gasteiger partial charge in [-0.15, -0.1) is 0 Å². The number of aryl methyl sites for hydroxylation is 1. The summed E-state index contributed by atoms with van der Waals surface area (Å²) in [6, 6.07) is 11.8. The second kappa shape index (κ2) is 9.82. The molecule has 3 heterocycles. The van der Waals surface area contributed by atoms with Gasteiger partial charge in [-0.05, 0) is 62.2 Å². The fourth-order valence-electron chi connectivity index (χ4n) is 4.16. The third-order valence-corrected chi connectivity index (χ3v) is 7.01. The molecule has 2 aliphatic rings. The maximum atomic E-state index is 12.5. The first-order valence-corrected chi connectivity index (χ1v) is 12.5. The van der Waals surface area contributed by atoms with Crippen LogP contribution in [-0.4, -0.2) is 39.2 Å². The lowest BCUT2D eigenvalue weighted by Crippen LogP contribution is -2.37. The molecule has 1 aromatic carbocycles. The molecule has 5 rings (SSSR count). The first-order valence-electron chi connectivity index (χ1n) is 11.6. The van der Waals surface area contributed by atoms with Gasteiger partial charge in [-0.2, -0.15) is 5.10 Å². The minimum Gasteiger partial charge on any atom is -0.356 e. The highest BCUT2D eigenvalue weighted by Gasteiger charge is 2.21. The standard InChI is InChI=1S/C24H29N7OS/c1-16-14-21(30-29-16)26-20-15-22(31-12-5-13-31)28-24(27-20)33-19-10-8-18(9-11-19)25-23(32)17-6-3-2-4-7-17/h8-11,14-15,17H,2-7,12-13H2,1H3,(H,25,32)(H2,26,27,28,29,30). The van der Waals surface area contributed by atoms with Crippen LogP contribution in [0.5, 0.6) is 0 Å². The van der Waals surface area contributed by atoms with Crippen LogP contribution in [0, 0.1) is 12.8 Å². The van der Waals surface area contributed by atoms with Gasteiger partial charge < -0.3 is 15.5 Å². The summed E-state index contributed by atoms with van der Waals surface area (Å²) in [5.74, 6) is 2.66. The van der Waals surface area contributed by atoms with E-state index in [0.29, 0.717) is 5.16 Å². The van der Waals surface area contributed by atoms with Crippen molar-refractivity contribution in [2.75, 3.05) is 28.6 Å². The number of nitrogens with zero attached hydrogens (tertiary/aromatic N) is 4. The van der Waals surface area contributed by atoms with E-state index in [0.717, 1.165) is 72.5 Å². The number of aromatic nitrogens is 4. The van der Waals surface area contributed by atoms with Crippen LogP contribution >= 0.6 is 11.8 Å². The summed E-state index contributed by atoms with van der Waals surface area (Å²) < 4.78 is 0. The number of rotatable bonds is 7. The van der Waals surface area contributed by atoms with Crippen molar-refractivity contribution in [1.82, 2.24) is 20.2 Å². The molecule has 2 aromatic heterocycles. The highest BCUT2D eigenvalue weighted by atomic mass is 32.2. The minimum absolute atomic E-state index is 0.144. The van der Waals surface area contributed by atoms with Gasteiger partial charge in [0.15, 0.2) is 11.0 Å². The normalized spacial score (nSPS) is 16.3. The van der Waals surface area contributed by atoms with Crippen molar-refractivity contribution in [3.8, 4) is 0 Å². The first kappa shape index (κ1) is 21.8. The third kappa shape index (κ3) is 5.47. The topological polar surface area (TPSA) is 98.8 Å². The molecule has 1 aliphatic carbocycles. The van der Waals surface area contributed by atoms with Crippen molar-refractivity contribution < 1.29 is 4.79 Å². The number of H-pyrrole nitrogens is 1. The quantitative estimate of drug-likeness (QED) is 0.418. The molecule has 1 saturated heterocycles. The van der Waals surface area contributed by atoms with Crippen LogP contribution in [0.2, 0.25) is 0 Å². The molecule has 3 N–H and O–H groups in total. The van der Waals surface area contributed by atoms with Gasteiger partial charge in [0, 0.05) is 47.4 Å². The van der Waals surface area contributed by atoms with Gasteiger partial charge in [0.2, 0.25) is 5.91 Å². The maximum Gasteiger partial charge on any atom is 0.227 e. The Morgan fingerprint density at radius 2 is 1.82 bits per heavy atom. The van der Waals surface area contributed by atoms with Crippen molar-refractivity contribution in [3.05, 3.63) is 42.1 Å². The molecule has 0 spiro atoms. The van der Waals surface area contributed by atoms with Gasteiger partial charge in [0.25, 0.3) is 0 Å². The van der Waals surface area contributed by atoms with Gasteiger partial charge in [-0.1, -0.05) is 19.3 Å². The number of anilines is 4. The van der Waals surface area contributed by atoms with E-state index in [4.69, 9.17) is 9.97 Å². The van der Waals surface area contributed by atoms with Crippen molar-refractivity contribution in [2.24, 2.45) is 5.92 Å². The zero-order valence-corrected chi connectivity index (χ0v) is 19.6. The second-order valence-corrected chi connectivity index (χ2v) is 9.79. The van der Waals surface area contributed by atoms with E-state index >= 15 is 0 Å². The molecule has 0 atom stereocenters. The smallest absolute Gasteiger partial charge is 0.227 e. The largest absolute Gasteiger partial charge is 0.356 e. The third-order valence-electron chi connectivity index (χ3n) is 6.14. The van der Waals surface area contributed by atoms with Crippen LogP contribution in [-0.2, 0) is 4.79 Å². The highest BCUT2D eigenvalue weighted by Crippen LogP contribution is 2.31. The Hall–Kier alpha value is -3.07. The second-order valence-electron chi connectivity index (χ2n) is 8.75. The summed E-state index contributed by atoms with van der Waals surface area (Å²) in [6.45, 7) is 3.99. The summed E-state index contributed by atoms with van der Waals surface area (Å²) in [6.07, 6.45) is 6.73. The van der Waals surface area contributed by atoms with Crippen LogP contribution in [0.15, 0.2) is 46.5 Å². The van der Waals surface area contributed by atoms with E-state index in [1.54, 1.807) is 0 Å². The Morgan fingerprint density at radius 3 is 2.48 bits per heavy atom. The molecule has 9 heteroatoms. The van der Waals surface area contributed by atoms with Gasteiger partial charge in [0.05, 0.1) is 0 Å². The van der Waals surface area contributed by atoms with E-state index in [2.05, 4.69) is 25.7 Å². The Kier molecular flexibility index (Phi) is 6.48. The minimum atomic E-state index is 0.144. The number of carbonyl (C=O) groups is 1. The van der Waals surface area contributed by atoms with Gasteiger partial charge in [-0.3, -0.25) is 9.89 Å². The first-order chi connectivity index (χ1) is 16.1. The lowest BCUT2D eigenvalue weighted by Gasteiger charge is -2.32. The molecule has 33 heavy (non-hydrogen) atoms. The summed E-state index contributed by atoms with van der Waals surface area (Å²) >= 11 is 1.51. The SMILES string of the molecule is Cc1cc(Nc2cc(N3CCC3)nc(Sc3ccc(NC(=O)C4CCCCC4)cc3)n2)n[nH]1. The predicted octanol–water partition coefficient (Wildman–Crippen LogP) is 5.13. The maximum absolute atomic E-state index is 12.5. The summed E-state index contributed by atoms with van der Waals surface area (Å²) in [4.78, 5) is 25.2. The molecule has 0 unspecified atom stereocenters. The number of nitrogens with one attached hydrogen (secondary N) is 3. The Morgan fingerprint density at radius 1 is 1.03 bits per heavy atom. The molecule has 0 radical (unpaired) electrons. The number of benzene rings is 1. The number of hydrogen-bond acceptors (Lipinski definition) is 7. The lowest BCUT2D eigenvalue weighted by molar-refractivity contribution is -0.120. The average molecular weight is 464 g/mol. The van der Waals surface area contributed by atoms with Crippen LogP contribution in [0.4, 0.5) is 23.1 Å². The molecule has 1 aliphatic heterocycles. The van der Waals surface area contributed by atoms with Crippen LogP contribution in [0.3, 0.4) is 0 Å². The molecule has 172 valence electrons. The van der Waals surface area contributed by atoms with Gasteiger partial charge in [-0.25, -0.2) is 9.97 Å². The Bertz CT molecular complexity index is 1100. The molecule has 1 saturated carbocycles. The van der Waals surface area contributed by atoms with Crippen molar-refractivity contribution in [2.45, 2.75) is 55.5 Å². The molecular formula is C24H29N7OS. The van der Waals surface area contributed by atoms with Crippen LogP contribution in [0.25, 0.3) is 0 Å². The zero-order valence-electron chi connectivity index (χ0n) is 18.8. The molecule has 8 nitrogen and oxygen atoms in total. The molecule has 2 fully saturated rings. The highest BCUT2D eigenvalue weighted by molar-refractivity contribution is 7.99. The van der Waals surface area contributed by atoms with Crippen molar-refractivity contribution >= 4 is 40.8 Å². The summed E-state index contributed by atoms with van der Waals surface area (Å²) in [7, 11) is 0. The van der Waals surface area contributed by atoms with E-state index in [1.807, 2.05) is 43.3 Å². The van der Waals surface area contributed by atoms with Crippen LogP contribution in [0.1, 0.15) is 44.2 Å².